The van der Waals surface area contributed by atoms with Gasteiger partial charge in [-0.3, -0.25) is 0 Å². The average molecular weight is 248 g/mol. The highest BCUT2D eigenvalue weighted by molar-refractivity contribution is 8.00. The van der Waals surface area contributed by atoms with Crippen molar-refractivity contribution >= 4 is 17.4 Å². The highest BCUT2D eigenvalue weighted by atomic mass is 32.2. The van der Waals surface area contributed by atoms with Gasteiger partial charge in [0.25, 0.3) is 0 Å². The van der Waals surface area contributed by atoms with E-state index in [4.69, 9.17) is 10.5 Å². The molecule has 90 valence electrons. The van der Waals surface area contributed by atoms with E-state index in [1.165, 1.54) is 5.70 Å². The standard InChI is InChI=1S/C13H16N2OS/c14-13-15(11-4-2-1-3-5-11)12-8-16-7-6-10(12)9-17-13/h1-5,8,10,13H,6-7,9,14H2. The number of hydrogen-bond acceptors (Lipinski definition) is 4. The Labute approximate surface area is 106 Å². The van der Waals surface area contributed by atoms with Crippen molar-refractivity contribution in [2.75, 3.05) is 17.3 Å². The lowest BCUT2D eigenvalue weighted by atomic mass is 10.0. The van der Waals surface area contributed by atoms with Crippen molar-refractivity contribution in [3.05, 3.63) is 42.3 Å². The Kier molecular flexibility index (Phi) is 2.99. The molecule has 0 aliphatic carbocycles. The molecule has 0 bridgehead atoms. The van der Waals surface area contributed by atoms with Crippen LogP contribution in [0.5, 0.6) is 0 Å². The van der Waals surface area contributed by atoms with Crippen molar-refractivity contribution < 1.29 is 4.74 Å². The molecule has 0 amide bonds. The maximum Gasteiger partial charge on any atom is 0.130 e. The summed E-state index contributed by atoms with van der Waals surface area (Å²) in [7, 11) is 0. The number of thioether (sulfide) groups is 1. The van der Waals surface area contributed by atoms with E-state index in [1.54, 1.807) is 0 Å². The van der Waals surface area contributed by atoms with Crippen molar-refractivity contribution in [1.29, 1.82) is 0 Å². The van der Waals surface area contributed by atoms with Crippen LogP contribution in [0.2, 0.25) is 0 Å². The summed E-state index contributed by atoms with van der Waals surface area (Å²) in [5.41, 5.74) is 8.58. The fourth-order valence-corrected chi connectivity index (χ4v) is 3.50. The molecule has 17 heavy (non-hydrogen) atoms. The zero-order valence-electron chi connectivity index (χ0n) is 9.58. The molecule has 2 atom stereocenters. The molecular formula is C13H16N2OS. The van der Waals surface area contributed by atoms with Crippen LogP contribution in [0, 0.1) is 5.92 Å². The summed E-state index contributed by atoms with van der Waals surface area (Å²) in [5, 5.41) is 0. The van der Waals surface area contributed by atoms with Crippen LogP contribution < -0.4 is 10.6 Å². The van der Waals surface area contributed by atoms with Gasteiger partial charge in [0.05, 0.1) is 12.3 Å². The maximum atomic E-state index is 6.21. The summed E-state index contributed by atoms with van der Waals surface area (Å²) in [6.45, 7) is 0.826. The van der Waals surface area contributed by atoms with Crippen LogP contribution in [0.3, 0.4) is 0 Å². The smallest absolute Gasteiger partial charge is 0.130 e. The van der Waals surface area contributed by atoms with E-state index < -0.39 is 0 Å². The second-order valence-electron chi connectivity index (χ2n) is 4.33. The number of anilines is 1. The first kappa shape index (κ1) is 11.0. The molecule has 2 aliphatic rings. The minimum absolute atomic E-state index is 0.0124. The summed E-state index contributed by atoms with van der Waals surface area (Å²) in [6.07, 6.45) is 2.98. The third-order valence-electron chi connectivity index (χ3n) is 3.24. The molecule has 1 fully saturated rings. The van der Waals surface area contributed by atoms with Gasteiger partial charge in [0.2, 0.25) is 0 Å². The van der Waals surface area contributed by atoms with Crippen LogP contribution in [0.25, 0.3) is 0 Å². The molecule has 3 rings (SSSR count). The maximum absolute atomic E-state index is 6.21. The molecule has 1 saturated heterocycles. The minimum Gasteiger partial charge on any atom is -0.499 e. The molecule has 0 saturated carbocycles. The van der Waals surface area contributed by atoms with Crippen molar-refractivity contribution in [3.8, 4) is 0 Å². The number of allylic oxidation sites excluding steroid dienone is 1. The Morgan fingerprint density at radius 3 is 2.94 bits per heavy atom. The highest BCUT2D eigenvalue weighted by Gasteiger charge is 2.33. The quantitative estimate of drug-likeness (QED) is 0.828. The first-order valence-electron chi connectivity index (χ1n) is 5.89. The van der Waals surface area contributed by atoms with E-state index in [1.807, 2.05) is 36.2 Å². The Morgan fingerprint density at radius 2 is 2.12 bits per heavy atom. The second kappa shape index (κ2) is 4.63. The number of rotatable bonds is 1. The van der Waals surface area contributed by atoms with Crippen LogP contribution in [-0.4, -0.2) is 17.9 Å². The summed E-state index contributed by atoms with van der Waals surface area (Å²) in [4.78, 5) is 2.19. The summed E-state index contributed by atoms with van der Waals surface area (Å²) in [5.74, 6) is 1.67. The lowest BCUT2D eigenvalue weighted by Crippen LogP contribution is -2.46. The van der Waals surface area contributed by atoms with Gasteiger partial charge in [-0.25, -0.2) is 0 Å². The normalized spacial score (nSPS) is 28.1. The Hall–Kier alpha value is -1.13. The average Bonchev–Trinajstić information content (AvgIpc) is 2.39. The number of ether oxygens (including phenoxy) is 1. The number of para-hydroxylation sites is 1. The van der Waals surface area contributed by atoms with E-state index in [0.29, 0.717) is 5.92 Å². The van der Waals surface area contributed by atoms with Gasteiger partial charge in [0.1, 0.15) is 11.8 Å². The molecule has 4 heteroatoms. The lowest BCUT2D eigenvalue weighted by molar-refractivity contribution is 0.201. The number of nitrogens with two attached hydrogens (primary N) is 1. The largest absolute Gasteiger partial charge is 0.499 e. The van der Waals surface area contributed by atoms with Gasteiger partial charge in [0.15, 0.2) is 0 Å². The predicted molar refractivity (Wildman–Crippen MR) is 71.5 cm³/mol. The topological polar surface area (TPSA) is 38.5 Å². The summed E-state index contributed by atoms with van der Waals surface area (Å²) in [6, 6.07) is 10.3. The molecule has 0 radical (unpaired) electrons. The monoisotopic (exact) mass is 248 g/mol. The van der Waals surface area contributed by atoms with Crippen LogP contribution >= 0.6 is 11.8 Å². The molecule has 0 spiro atoms. The summed E-state index contributed by atoms with van der Waals surface area (Å²) >= 11 is 1.81. The van der Waals surface area contributed by atoms with E-state index in [9.17, 15) is 0 Å². The Bertz CT molecular complexity index is 421. The number of hydrogen-bond donors (Lipinski definition) is 1. The third-order valence-corrected chi connectivity index (χ3v) is 4.39. The Balaban J connectivity index is 1.97. The molecule has 2 aliphatic heterocycles. The number of nitrogens with zero attached hydrogens (tertiary/aromatic N) is 1. The van der Waals surface area contributed by atoms with E-state index in [0.717, 1.165) is 24.5 Å². The first-order valence-corrected chi connectivity index (χ1v) is 6.94. The molecule has 3 nitrogen and oxygen atoms in total. The lowest BCUT2D eigenvalue weighted by Gasteiger charge is -2.42. The van der Waals surface area contributed by atoms with Crippen molar-refractivity contribution in [1.82, 2.24) is 0 Å². The van der Waals surface area contributed by atoms with Gasteiger partial charge in [0, 0.05) is 17.4 Å². The summed E-state index contributed by atoms with van der Waals surface area (Å²) < 4.78 is 5.47. The van der Waals surface area contributed by atoms with Gasteiger partial charge in [-0.15, -0.1) is 11.8 Å². The van der Waals surface area contributed by atoms with Gasteiger partial charge in [-0.2, -0.15) is 0 Å². The SMILES string of the molecule is NC1SCC2CCOC=C2N1c1ccccc1. The first-order chi connectivity index (χ1) is 8.36. The molecule has 2 unspecified atom stereocenters. The molecule has 2 heterocycles. The van der Waals surface area contributed by atoms with Gasteiger partial charge >= 0.3 is 0 Å². The van der Waals surface area contributed by atoms with Crippen LogP contribution in [0.1, 0.15) is 6.42 Å². The molecule has 0 aromatic heterocycles. The molecule has 1 aromatic carbocycles. The number of benzene rings is 1. The number of fused-ring (bicyclic) bond motifs is 1. The van der Waals surface area contributed by atoms with Gasteiger partial charge < -0.3 is 15.4 Å². The van der Waals surface area contributed by atoms with Crippen molar-refractivity contribution in [2.45, 2.75) is 11.9 Å². The molecular weight excluding hydrogens is 232 g/mol. The third kappa shape index (κ3) is 2.03. The Morgan fingerprint density at radius 1 is 1.29 bits per heavy atom. The van der Waals surface area contributed by atoms with Gasteiger partial charge in [-0.05, 0) is 18.6 Å². The fourth-order valence-electron chi connectivity index (χ4n) is 2.34. The zero-order valence-corrected chi connectivity index (χ0v) is 10.4. The van der Waals surface area contributed by atoms with E-state index in [2.05, 4.69) is 17.0 Å². The second-order valence-corrected chi connectivity index (χ2v) is 5.48. The fraction of sp³-hybridized carbons (Fsp3) is 0.385. The highest BCUT2D eigenvalue weighted by Crippen LogP contribution is 2.38. The van der Waals surface area contributed by atoms with Crippen molar-refractivity contribution in [2.24, 2.45) is 11.7 Å². The molecule has 2 N–H and O–H groups in total. The van der Waals surface area contributed by atoms with E-state index in [-0.39, 0.29) is 5.50 Å². The minimum atomic E-state index is -0.0124. The van der Waals surface area contributed by atoms with Crippen molar-refractivity contribution in [3.63, 3.8) is 0 Å². The van der Waals surface area contributed by atoms with Crippen LogP contribution in [0.4, 0.5) is 5.69 Å². The molecule has 1 aromatic rings. The van der Waals surface area contributed by atoms with Gasteiger partial charge in [-0.1, -0.05) is 18.2 Å². The van der Waals surface area contributed by atoms with E-state index >= 15 is 0 Å². The predicted octanol–water partition coefficient (Wildman–Crippen LogP) is 2.36. The van der Waals surface area contributed by atoms with Crippen LogP contribution in [0.15, 0.2) is 42.3 Å². The zero-order chi connectivity index (χ0) is 11.7. The van der Waals surface area contributed by atoms with Crippen LogP contribution in [-0.2, 0) is 4.74 Å².